The summed E-state index contributed by atoms with van der Waals surface area (Å²) in [4.78, 5) is 14.2. The SMILES string of the molecule is C[C@H](CC=C(c1ccccc1)c1ccccc1)[C@@H]1C[C@@H]2[C@H]3CC[C@H]4C[C@H]5CC[C@]4(C)[C@@]3(O5)C(=O)C[C@]2(C)C1. The largest absolute Gasteiger partial charge is 0.363 e. The van der Waals surface area contributed by atoms with Gasteiger partial charge in [-0.2, -0.15) is 0 Å². The Kier molecular flexibility index (Phi) is 5.82. The van der Waals surface area contributed by atoms with Gasteiger partial charge in [0.05, 0.1) is 6.10 Å². The van der Waals surface area contributed by atoms with Gasteiger partial charge in [0.2, 0.25) is 0 Å². The molecule has 2 saturated heterocycles. The molecule has 1 spiro atoms. The first-order valence-corrected chi connectivity index (χ1v) is 15.4. The lowest BCUT2D eigenvalue weighted by Crippen LogP contribution is -2.74. The van der Waals surface area contributed by atoms with Crippen LogP contribution in [0.1, 0.15) is 89.7 Å². The summed E-state index contributed by atoms with van der Waals surface area (Å²) in [5, 5.41) is 0. The second-order valence-corrected chi connectivity index (χ2v) is 14.2. The fourth-order valence-corrected chi connectivity index (χ4v) is 10.3. The van der Waals surface area contributed by atoms with Crippen molar-refractivity contribution >= 4 is 11.4 Å². The molecular weight excluding hydrogens is 464 g/mol. The maximum absolute atomic E-state index is 14.2. The summed E-state index contributed by atoms with van der Waals surface area (Å²) in [7, 11) is 0. The lowest BCUT2D eigenvalue weighted by atomic mass is 9.41. The fraction of sp³-hybridized carbons (Fsp3) is 0.583. The fourth-order valence-electron chi connectivity index (χ4n) is 10.3. The van der Waals surface area contributed by atoms with E-state index in [1.54, 1.807) is 0 Å². The molecule has 0 radical (unpaired) electrons. The van der Waals surface area contributed by atoms with Gasteiger partial charge < -0.3 is 4.74 Å². The minimum Gasteiger partial charge on any atom is -0.363 e. The van der Waals surface area contributed by atoms with E-state index in [4.69, 9.17) is 4.74 Å². The lowest BCUT2D eigenvalue weighted by Gasteiger charge is -2.70. The van der Waals surface area contributed by atoms with E-state index in [-0.39, 0.29) is 10.8 Å². The molecule has 4 saturated carbocycles. The van der Waals surface area contributed by atoms with Gasteiger partial charge in [-0.05, 0) is 103 Å². The number of carbonyl (C=O) groups is 1. The van der Waals surface area contributed by atoms with Crippen molar-refractivity contribution < 1.29 is 9.53 Å². The molecule has 4 aliphatic carbocycles. The Labute approximate surface area is 229 Å². The third kappa shape index (κ3) is 3.51. The van der Waals surface area contributed by atoms with Gasteiger partial charge in [0.15, 0.2) is 5.78 Å². The normalized spacial score (nSPS) is 41.8. The van der Waals surface area contributed by atoms with Crippen molar-refractivity contribution in [1.82, 2.24) is 0 Å². The highest BCUT2D eigenvalue weighted by Gasteiger charge is 2.74. The van der Waals surface area contributed by atoms with E-state index in [1.807, 2.05) is 0 Å². The third-order valence-electron chi connectivity index (χ3n) is 12.3. The first-order valence-electron chi connectivity index (χ1n) is 15.4. The van der Waals surface area contributed by atoms with Gasteiger partial charge in [-0.15, -0.1) is 0 Å². The number of rotatable bonds is 5. The molecular formula is C36H44O2. The maximum Gasteiger partial charge on any atom is 0.166 e. The maximum atomic E-state index is 14.2. The van der Waals surface area contributed by atoms with Crippen LogP contribution in [-0.2, 0) is 9.53 Å². The molecule has 2 aromatic carbocycles. The summed E-state index contributed by atoms with van der Waals surface area (Å²) >= 11 is 0. The molecule has 2 heteroatoms. The Bertz CT molecular complexity index is 1190. The lowest BCUT2D eigenvalue weighted by molar-refractivity contribution is -0.306. The minimum absolute atomic E-state index is 0.0653. The summed E-state index contributed by atoms with van der Waals surface area (Å²) in [6, 6.07) is 21.7. The molecule has 9 atom stereocenters. The molecule has 200 valence electrons. The van der Waals surface area contributed by atoms with Gasteiger partial charge in [-0.1, -0.05) is 87.5 Å². The van der Waals surface area contributed by atoms with Gasteiger partial charge in [0.25, 0.3) is 0 Å². The van der Waals surface area contributed by atoms with Crippen LogP contribution in [0.15, 0.2) is 66.7 Å². The molecule has 6 fully saturated rings. The number of fused-ring (bicyclic) bond motifs is 3. The highest BCUT2D eigenvalue weighted by Crippen LogP contribution is 2.72. The first kappa shape index (κ1) is 24.8. The number of ketones is 1. The molecule has 0 aromatic heterocycles. The van der Waals surface area contributed by atoms with E-state index in [1.165, 1.54) is 55.2 Å². The van der Waals surface area contributed by atoms with Crippen LogP contribution < -0.4 is 0 Å². The predicted molar refractivity (Wildman–Crippen MR) is 153 cm³/mol. The van der Waals surface area contributed by atoms with Crippen molar-refractivity contribution in [3.63, 3.8) is 0 Å². The number of hydrogen-bond donors (Lipinski definition) is 0. The number of Topliss-reactive ketones (excluding diaryl/α,β-unsaturated/α-hetero) is 1. The zero-order valence-corrected chi connectivity index (χ0v) is 23.5. The number of allylic oxidation sites excluding steroid dienone is 1. The highest BCUT2D eigenvalue weighted by atomic mass is 16.5. The number of benzene rings is 2. The molecule has 6 aliphatic rings. The molecule has 0 amide bonds. The van der Waals surface area contributed by atoms with Gasteiger partial charge in [0.1, 0.15) is 5.60 Å². The highest BCUT2D eigenvalue weighted by molar-refractivity contribution is 5.91. The molecule has 2 aliphatic heterocycles. The van der Waals surface area contributed by atoms with Gasteiger partial charge in [-0.25, -0.2) is 0 Å². The predicted octanol–water partition coefficient (Wildman–Crippen LogP) is 8.50. The molecule has 0 unspecified atom stereocenters. The molecule has 8 rings (SSSR count). The van der Waals surface area contributed by atoms with E-state index in [2.05, 4.69) is 87.5 Å². The third-order valence-corrected chi connectivity index (χ3v) is 12.3. The second kappa shape index (κ2) is 8.91. The van der Waals surface area contributed by atoms with Crippen LogP contribution in [0.5, 0.6) is 0 Å². The van der Waals surface area contributed by atoms with Crippen LogP contribution in [0, 0.1) is 40.4 Å². The molecule has 2 nitrogen and oxygen atoms in total. The van der Waals surface area contributed by atoms with Crippen molar-refractivity contribution in [1.29, 1.82) is 0 Å². The number of ether oxygens (including phenoxy) is 1. The van der Waals surface area contributed by atoms with Gasteiger partial charge in [0, 0.05) is 11.8 Å². The second-order valence-electron chi connectivity index (χ2n) is 14.2. The summed E-state index contributed by atoms with van der Waals surface area (Å²) in [5.74, 6) is 3.48. The van der Waals surface area contributed by atoms with Gasteiger partial charge in [-0.3, -0.25) is 4.79 Å². The van der Waals surface area contributed by atoms with E-state index in [0.29, 0.717) is 41.5 Å². The van der Waals surface area contributed by atoms with Crippen LogP contribution >= 0.6 is 0 Å². The van der Waals surface area contributed by atoms with Crippen LogP contribution in [-0.4, -0.2) is 17.5 Å². The standard InChI is InChI=1S/C36H44O2/c1-24(14-16-30(25-10-6-4-7-11-25)26-12-8-5-9-13-26)27-20-32-31-17-15-28-21-29-18-19-35(28,3)36(31,38-29)33(37)23-34(32,2)22-27/h4-13,16,24,27-29,31-32H,14-15,17-23H2,1-3H3/t24-,27-,28+,29-,31-,32-,34+,35+,36+/m1/s1. The topological polar surface area (TPSA) is 26.3 Å². The van der Waals surface area contributed by atoms with Crippen LogP contribution in [0.2, 0.25) is 0 Å². The quantitative estimate of drug-likeness (QED) is 0.405. The summed E-state index contributed by atoms with van der Waals surface area (Å²) < 4.78 is 6.93. The zero-order valence-electron chi connectivity index (χ0n) is 23.5. The minimum atomic E-state index is -0.479. The van der Waals surface area contributed by atoms with E-state index < -0.39 is 5.60 Å². The van der Waals surface area contributed by atoms with Crippen LogP contribution in [0.3, 0.4) is 0 Å². The summed E-state index contributed by atoms with van der Waals surface area (Å²) in [6.45, 7) is 7.36. The average molecular weight is 509 g/mol. The molecule has 38 heavy (non-hydrogen) atoms. The summed E-state index contributed by atoms with van der Waals surface area (Å²) in [6.07, 6.45) is 13.2. The Morgan fingerprint density at radius 3 is 2.32 bits per heavy atom. The molecule has 2 aromatic rings. The Balaban J connectivity index is 1.15. The zero-order chi connectivity index (χ0) is 26.1. The monoisotopic (exact) mass is 508 g/mol. The van der Waals surface area contributed by atoms with Crippen molar-refractivity contribution in [2.45, 2.75) is 90.3 Å². The Hall–Kier alpha value is -2.19. The van der Waals surface area contributed by atoms with Crippen LogP contribution in [0.25, 0.3) is 5.57 Å². The Morgan fingerprint density at radius 2 is 1.63 bits per heavy atom. The number of hydrogen-bond acceptors (Lipinski definition) is 2. The van der Waals surface area contributed by atoms with Gasteiger partial charge >= 0.3 is 0 Å². The first-order chi connectivity index (χ1) is 18.3. The molecule has 0 N–H and O–H groups in total. The number of carbonyl (C=O) groups excluding carboxylic acids is 1. The molecule has 4 bridgehead atoms. The van der Waals surface area contributed by atoms with Crippen molar-refractivity contribution in [2.24, 2.45) is 40.4 Å². The smallest absolute Gasteiger partial charge is 0.166 e. The van der Waals surface area contributed by atoms with E-state index in [0.717, 1.165) is 19.3 Å². The molecule has 2 heterocycles. The average Bonchev–Trinajstić information content (AvgIpc) is 3.27. The van der Waals surface area contributed by atoms with Crippen molar-refractivity contribution in [3.8, 4) is 0 Å². The summed E-state index contributed by atoms with van der Waals surface area (Å²) in [5.41, 5.74) is 3.65. The van der Waals surface area contributed by atoms with E-state index in [9.17, 15) is 4.79 Å². The van der Waals surface area contributed by atoms with Crippen molar-refractivity contribution in [2.75, 3.05) is 0 Å². The van der Waals surface area contributed by atoms with E-state index >= 15 is 0 Å². The Morgan fingerprint density at radius 1 is 0.947 bits per heavy atom. The van der Waals surface area contributed by atoms with Crippen molar-refractivity contribution in [3.05, 3.63) is 77.9 Å². The van der Waals surface area contributed by atoms with Crippen LogP contribution in [0.4, 0.5) is 0 Å².